The summed E-state index contributed by atoms with van der Waals surface area (Å²) in [5, 5.41) is -1.47. The maximum Gasteiger partial charge on any atom is 0.417 e. The van der Waals surface area contributed by atoms with Crippen molar-refractivity contribution in [1.29, 1.82) is 0 Å². The minimum absolute atomic E-state index is 0.185. The first kappa shape index (κ1) is 28.1. The Morgan fingerprint density at radius 1 is 1.03 bits per heavy atom. The Labute approximate surface area is 213 Å². The van der Waals surface area contributed by atoms with Crippen LogP contribution in [-0.2, 0) is 16.2 Å². The standard InChI is InChI=1S/C25H23F7N2O3S/c1-13(2)23(35)34-12-18(22(25(30,31)32)33-38(36,37)14-6-5-7-14)17-10-20(26)16(11-21(17)34)15-8-3-4-9-19(15)24(27,28)29/h3-4,8-14,22,33H,5-7H2,1-2H3. The van der Waals surface area contributed by atoms with Gasteiger partial charge in [-0.3, -0.25) is 9.36 Å². The quantitative estimate of drug-likeness (QED) is 0.334. The van der Waals surface area contributed by atoms with Crippen LogP contribution >= 0.6 is 0 Å². The summed E-state index contributed by atoms with van der Waals surface area (Å²) < 4.78 is 126. The highest BCUT2D eigenvalue weighted by Gasteiger charge is 2.47. The van der Waals surface area contributed by atoms with Gasteiger partial charge in [-0.25, -0.2) is 12.8 Å². The lowest BCUT2D eigenvalue weighted by Crippen LogP contribution is -2.44. The van der Waals surface area contributed by atoms with E-state index in [1.807, 2.05) is 0 Å². The van der Waals surface area contributed by atoms with Gasteiger partial charge in [0.15, 0.2) is 0 Å². The molecule has 0 amide bonds. The first-order chi connectivity index (χ1) is 17.5. The Hall–Kier alpha value is -2.93. The molecule has 3 aromatic rings. The number of carbonyl (C=O) groups is 1. The monoisotopic (exact) mass is 564 g/mol. The fourth-order valence-corrected chi connectivity index (χ4v) is 6.12. The predicted molar refractivity (Wildman–Crippen MR) is 126 cm³/mol. The lowest BCUT2D eigenvalue weighted by Gasteiger charge is -2.29. The molecule has 0 saturated heterocycles. The highest BCUT2D eigenvalue weighted by Crippen LogP contribution is 2.43. The Kier molecular flexibility index (Phi) is 7.15. The van der Waals surface area contributed by atoms with Crippen LogP contribution in [0, 0.1) is 11.7 Å². The van der Waals surface area contributed by atoms with E-state index in [0.717, 1.165) is 35.0 Å². The minimum Gasteiger partial charge on any atom is -0.287 e. The molecular weight excluding hydrogens is 541 g/mol. The van der Waals surface area contributed by atoms with Crippen molar-refractivity contribution in [2.75, 3.05) is 0 Å². The number of sulfonamides is 1. The zero-order valence-electron chi connectivity index (χ0n) is 20.1. The molecule has 0 spiro atoms. The molecule has 1 heterocycles. The van der Waals surface area contributed by atoms with Gasteiger partial charge in [0.25, 0.3) is 0 Å². The van der Waals surface area contributed by atoms with E-state index in [-0.39, 0.29) is 18.4 Å². The van der Waals surface area contributed by atoms with Crippen LogP contribution in [-0.4, -0.2) is 30.3 Å². The van der Waals surface area contributed by atoms with E-state index in [4.69, 9.17) is 0 Å². The van der Waals surface area contributed by atoms with Crippen molar-refractivity contribution < 1.29 is 43.9 Å². The summed E-state index contributed by atoms with van der Waals surface area (Å²) in [6.45, 7) is 2.91. The second kappa shape index (κ2) is 9.67. The van der Waals surface area contributed by atoms with E-state index in [0.29, 0.717) is 12.5 Å². The average molecular weight is 565 g/mol. The molecule has 1 saturated carbocycles. The molecule has 1 unspecified atom stereocenters. The summed E-state index contributed by atoms with van der Waals surface area (Å²) >= 11 is 0. The average Bonchev–Trinajstić information content (AvgIpc) is 3.11. The van der Waals surface area contributed by atoms with Gasteiger partial charge in [0.2, 0.25) is 15.9 Å². The van der Waals surface area contributed by atoms with Crippen molar-refractivity contribution in [1.82, 2.24) is 9.29 Å². The summed E-state index contributed by atoms with van der Waals surface area (Å²) in [5.74, 6) is -2.75. The topological polar surface area (TPSA) is 68.2 Å². The second-order valence-corrected chi connectivity index (χ2v) is 11.5. The summed E-state index contributed by atoms with van der Waals surface area (Å²) in [5.41, 5.74) is -3.34. The number of rotatable bonds is 6. The fourth-order valence-electron chi connectivity index (χ4n) is 4.38. The zero-order valence-corrected chi connectivity index (χ0v) is 20.9. The van der Waals surface area contributed by atoms with Gasteiger partial charge >= 0.3 is 12.4 Å². The number of hydrogen-bond donors (Lipinski definition) is 1. The Balaban J connectivity index is 1.98. The highest BCUT2D eigenvalue weighted by atomic mass is 32.2. The smallest absolute Gasteiger partial charge is 0.287 e. The summed E-state index contributed by atoms with van der Waals surface area (Å²) in [6.07, 6.45) is -8.35. The molecule has 0 bridgehead atoms. The normalized spacial score (nSPS) is 16.2. The number of aromatic nitrogens is 1. The van der Waals surface area contributed by atoms with Crippen LogP contribution in [0.25, 0.3) is 22.0 Å². The first-order valence-electron chi connectivity index (χ1n) is 11.7. The highest BCUT2D eigenvalue weighted by molar-refractivity contribution is 7.90. The van der Waals surface area contributed by atoms with Crippen molar-refractivity contribution >= 4 is 26.8 Å². The Morgan fingerprint density at radius 3 is 2.18 bits per heavy atom. The second-order valence-electron chi connectivity index (χ2n) is 9.53. The first-order valence-corrected chi connectivity index (χ1v) is 13.2. The van der Waals surface area contributed by atoms with Gasteiger partial charge in [-0.2, -0.15) is 31.1 Å². The number of carbonyl (C=O) groups excluding carboxylic acids is 1. The Bertz CT molecular complexity index is 1490. The van der Waals surface area contributed by atoms with Crippen molar-refractivity contribution in [2.24, 2.45) is 5.92 Å². The maximum atomic E-state index is 15.3. The fraction of sp³-hybridized carbons (Fsp3) is 0.400. The van der Waals surface area contributed by atoms with Gasteiger partial charge in [0.05, 0.1) is 16.3 Å². The van der Waals surface area contributed by atoms with Gasteiger partial charge in [0.1, 0.15) is 11.9 Å². The minimum atomic E-state index is -5.17. The van der Waals surface area contributed by atoms with Crippen LogP contribution in [0.15, 0.2) is 42.6 Å². The van der Waals surface area contributed by atoms with Crippen LogP contribution in [0.2, 0.25) is 0 Å². The molecule has 1 fully saturated rings. The van der Waals surface area contributed by atoms with Crippen LogP contribution < -0.4 is 4.72 Å². The molecule has 206 valence electrons. The SMILES string of the molecule is CC(C)C(=O)n1cc(C(NS(=O)(=O)C2CCC2)C(F)(F)F)c2cc(F)c(-c3ccccc3C(F)(F)F)cc21. The van der Waals surface area contributed by atoms with Crippen molar-refractivity contribution in [3.63, 3.8) is 0 Å². The number of alkyl halides is 6. The Morgan fingerprint density at radius 2 is 1.66 bits per heavy atom. The van der Waals surface area contributed by atoms with Crippen LogP contribution in [0.1, 0.15) is 55.1 Å². The van der Waals surface area contributed by atoms with Crippen LogP contribution in [0.5, 0.6) is 0 Å². The van der Waals surface area contributed by atoms with Gasteiger partial charge in [-0.15, -0.1) is 0 Å². The van der Waals surface area contributed by atoms with E-state index < -0.39 is 79.0 Å². The van der Waals surface area contributed by atoms with Gasteiger partial charge in [0, 0.05) is 28.6 Å². The van der Waals surface area contributed by atoms with Gasteiger partial charge in [-0.05, 0) is 36.6 Å². The largest absolute Gasteiger partial charge is 0.417 e. The zero-order chi connectivity index (χ0) is 28.2. The molecule has 38 heavy (non-hydrogen) atoms. The molecule has 13 heteroatoms. The number of nitrogens with one attached hydrogen (secondary N) is 1. The summed E-state index contributed by atoms with van der Waals surface area (Å²) in [7, 11) is -4.42. The van der Waals surface area contributed by atoms with Crippen molar-refractivity contribution in [3.05, 3.63) is 59.5 Å². The predicted octanol–water partition coefficient (Wildman–Crippen LogP) is 6.84. The van der Waals surface area contributed by atoms with E-state index in [2.05, 4.69) is 0 Å². The molecule has 0 radical (unpaired) electrons. The number of fused-ring (bicyclic) bond motifs is 1. The molecule has 1 N–H and O–H groups in total. The molecule has 5 nitrogen and oxygen atoms in total. The van der Waals surface area contributed by atoms with E-state index in [1.165, 1.54) is 19.9 Å². The molecular formula is C25H23F7N2O3S. The number of hydrogen-bond acceptors (Lipinski definition) is 3. The molecule has 4 rings (SSSR count). The van der Waals surface area contributed by atoms with E-state index in [1.54, 1.807) is 4.72 Å². The number of halogens is 7. The van der Waals surface area contributed by atoms with Gasteiger partial charge < -0.3 is 0 Å². The van der Waals surface area contributed by atoms with E-state index >= 15 is 4.39 Å². The summed E-state index contributed by atoms with van der Waals surface area (Å²) in [4.78, 5) is 12.9. The van der Waals surface area contributed by atoms with Crippen molar-refractivity contribution in [3.8, 4) is 11.1 Å². The molecule has 0 aliphatic heterocycles. The third-order valence-electron chi connectivity index (χ3n) is 6.59. The van der Waals surface area contributed by atoms with Crippen LogP contribution in [0.3, 0.4) is 0 Å². The lowest BCUT2D eigenvalue weighted by atomic mass is 9.96. The third-order valence-corrected chi connectivity index (χ3v) is 8.50. The molecule has 1 aliphatic rings. The summed E-state index contributed by atoms with van der Waals surface area (Å²) in [6, 6.07) is 2.76. The van der Waals surface area contributed by atoms with Crippen LogP contribution in [0.4, 0.5) is 30.7 Å². The molecule has 1 aromatic heterocycles. The maximum absolute atomic E-state index is 15.3. The molecule has 1 aliphatic carbocycles. The molecule has 1 atom stereocenters. The third kappa shape index (κ3) is 5.18. The number of benzene rings is 2. The molecule has 2 aromatic carbocycles. The van der Waals surface area contributed by atoms with Gasteiger partial charge in [-0.1, -0.05) is 38.5 Å². The van der Waals surface area contributed by atoms with Crippen molar-refractivity contribution in [2.45, 2.75) is 56.8 Å². The van der Waals surface area contributed by atoms with E-state index in [9.17, 15) is 39.6 Å². The lowest BCUT2D eigenvalue weighted by molar-refractivity contribution is -0.152. The number of nitrogens with zero attached hydrogens (tertiary/aromatic N) is 1.